The third kappa shape index (κ3) is 5.07. The molecule has 5 rings (SSSR count). The number of hydrogen-bond acceptors (Lipinski definition) is 2. The smallest absolute Gasteiger partial charge is 0.0845 e. The highest BCUT2D eigenvalue weighted by Gasteiger charge is 2.36. The molecule has 2 nitrogen and oxygen atoms in total. The lowest BCUT2D eigenvalue weighted by Gasteiger charge is -2.34. The number of hydrogen-bond donors (Lipinski definition) is 0. The molecule has 1 heterocycles. The Bertz CT molecular complexity index is 1310. The van der Waals surface area contributed by atoms with E-state index in [9.17, 15) is 5.26 Å². The van der Waals surface area contributed by atoms with Crippen LogP contribution >= 0.6 is 0 Å². The van der Waals surface area contributed by atoms with E-state index in [0.29, 0.717) is 0 Å². The van der Waals surface area contributed by atoms with Crippen molar-refractivity contribution in [1.82, 2.24) is 4.90 Å². The maximum atomic E-state index is 10.3. The first-order valence-corrected chi connectivity index (χ1v) is 13.8. The van der Waals surface area contributed by atoms with Crippen LogP contribution in [0.15, 0.2) is 78.4 Å². The zero-order valence-corrected chi connectivity index (χ0v) is 22.5. The molecule has 188 valence electrons. The lowest BCUT2D eigenvalue weighted by Crippen LogP contribution is -2.35. The largest absolute Gasteiger partial charge is 0.303 e. The van der Waals surface area contributed by atoms with Crippen molar-refractivity contribution in [3.8, 4) is 6.07 Å². The van der Waals surface area contributed by atoms with Gasteiger partial charge in [0.1, 0.15) is 0 Å². The molecule has 1 unspecified atom stereocenters. The third-order valence-corrected chi connectivity index (χ3v) is 8.48. The molecule has 0 bridgehead atoms. The fourth-order valence-electron chi connectivity index (χ4n) is 6.26. The number of likely N-dealkylation sites (tertiary alicyclic amines) is 1. The van der Waals surface area contributed by atoms with E-state index in [1.54, 1.807) is 5.57 Å². The molecule has 2 aliphatic rings. The first-order valence-electron chi connectivity index (χ1n) is 13.8. The molecule has 1 aliphatic carbocycles. The van der Waals surface area contributed by atoms with E-state index in [0.717, 1.165) is 45.3 Å². The van der Waals surface area contributed by atoms with Gasteiger partial charge < -0.3 is 4.90 Å². The van der Waals surface area contributed by atoms with E-state index in [1.165, 1.54) is 39.0 Å². The highest BCUT2D eigenvalue weighted by atomic mass is 15.1. The normalized spacial score (nSPS) is 17.1. The van der Waals surface area contributed by atoms with Crippen LogP contribution < -0.4 is 0 Å². The molecule has 0 amide bonds. The number of fused-ring (bicyclic) bond motifs is 2. The number of rotatable bonds is 6. The number of benzene rings is 3. The Morgan fingerprint density at radius 2 is 1.49 bits per heavy atom. The zero-order chi connectivity index (χ0) is 25.8. The quantitative estimate of drug-likeness (QED) is 0.274. The van der Waals surface area contributed by atoms with E-state index < -0.39 is 5.41 Å². The van der Waals surface area contributed by atoms with Crippen LogP contribution in [-0.2, 0) is 5.41 Å². The van der Waals surface area contributed by atoms with Gasteiger partial charge in [0.25, 0.3) is 0 Å². The summed E-state index contributed by atoms with van der Waals surface area (Å²) in [6, 6.07) is 29.0. The summed E-state index contributed by atoms with van der Waals surface area (Å²) in [5.41, 5.74) is 10.3. The number of aryl methyl sites for hydroxylation is 1. The van der Waals surface area contributed by atoms with Crippen molar-refractivity contribution in [3.63, 3.8) is 0 Å². The van der Waals surface area contributed by atoms with Gasteiger partial charge in [-0.05, 0) is 78.5 Å². The van der Waals surface area contributed by atoms with Crippen molar-refractivity contribution >= 4 is 17.7 Å². The lowest BCUT2D eigenvalue weighted by atomic mass is 9.69. The van der Waals surface area contributed by atoms with E-state index in [2.05, 4.69) is 117 Å². The molecule has 3 aromatic rings. The Balaban J connectivity index is 1.31. The molecule has 0 spiro atoms. The Morgan fingerprint density at radius 1 is 0.865 bits per heavy atom. The summed E-state index contributed by atoms with van der Waals surface area (Å²) >= 11 is 0. The minimum absolute atomic E-state index is 0.279. The number of nitrogens with zero attached hydrogens (tertiary/aromatic N) is 2. The van der Waals surface area contributed by atoms with Crippen molar-refractivity contribution in [3.05, 3.63) is 112 Å². The van der Waals surface area contributed by atoms with Gasteiger partial charge in [-0.1, -0.05) is 110 Å². The van der Waals surface area contributed by atoms with Gasteiger partial charge >= 0.3 is 0 Å². The molecular weight excluding hydrogens is 448 g/mol. The predicted octanol–water partition coefficient (Wildman–Crippen LogP) is 8.27. The molecule has 3 aromatic carbocycles. The Hall–Kier alpha value is -3.41. The highest BCUT2D eigenvalue weighted by molar-refractivity contribution is 5.94. The fraction of sp³-hybridized carbons (Fsp3) is 0.343. The SMILES string of the molecule is Cc1cccc(C(C#N)(CCCN2CCC(=C3c4ccccc4C=Cc4ccccc43)CC2)C(C)C)c1. The van der Waals surface area contributed by atoms with Crippen molar-refractivity contribution in [2.24, 2.45) is 5.92 Å². The van der Waals surface area contributed by atoms with E-state index in [1.807, 2.05) is 0 Å². The first-order chi connectivity index (χ1) is 18.0. The van der Waals surface area contributed by atoms with Gasteiger partial charge in [0.15, 0.2) is 0 Å². The van der Waals surface area contributed by atoms with E-state index in [4.69, 9.17) is 0 Å². The Morgan fingerprint density at radius 3 is 2.05 bits per heavy atom. The van der Waals surface area contributed by atoms with Crippen molar-refractivity contribution < 1.29 is 0 Å². The van der Waals surface area contributed by atoms with Crippen molar-refractivity contribution in [2.45, 2.75) is 51.9 Å². The average Bonchev–Trinajstić information content (AvgIpc) is 3.08. The predicted molar refractivity (Wildman–Crippen MR) is 156 cm³/mol. The molecule has 1 atom stereocenters. The molecule has 37 heavy (non-hydrogen) atoms. The van der Waals surface area contributed by atoms with E-state index in [-0.39, 0.29) is 5.92 Å². The van der Waals surface area contributed by atoms with Crippen LogP contribution in [0.3, 0.4) is 0 Å². The summed E-state index contributed by atoms with van der Waals surface area (Å²) in [6.45, 7) is 9.74. The average molecular weight is 487 g/mol. The van der Waals surface area contributed by atoms with Crippen molar-refractivity contribution in [2.75, 3.05) is 19.6 Å². The summed E-state index contributed by atoms with van der Waals surface area (Å²) in [7, 11) is 0. The Kier molecular flexibility index (Phi) is 7.45. The molecule has 1 saturated heterocycles. The second-order valence-electron chi connectivity index (χ2n) is 11.0. The minimum Gasteiger partial charge on any atom is -0.303 e. The second kappa shape index (κ2) is 10.9. The van der Waals surface area contributed by atoms with Gasteiger partial charge in [-0.25, -0.2) is 0 Å². The first kappa shape index (κ1) is 25.2. The summed E-state index contributed by atoms with van der Waals surface area (Å²) in [5.74, 6) is 0.279. The third-order valence-electron chi connectivity index (χ3n) is 8.48. The zero-order valence-electron chi connectivity index (χ0n) is 22.5. The highest BCUT2D eigenvalue weighted by Crippen LogP contribution is 2.40. The maximum absolute atomic E-state index is 10.3. The fourth-order valence-corrected chi connectivity index (χ4v) is 6.26. The summed E-state index contributed by atoms with van der Waals surface area (Å²) in [4.78, 5) is 2.61. The van der Waals surface area contributed by atoms with Gasteiger partial charge in [-0.3, -0.25) is 0 Å². The van der Waals surface area contributed by atoms with Crippen molar-refractivity contribution in [1.29, 1.82) is 5.26 Å². The van der Waals surface area contributed by atoms with E-state index >= 15 is 0 Å². The van der Waals surface area contributed by atoms with Gasteiger partial charge in [0.05, 0.1) is 11.5 Å². The van der Waals surface area contributed by atoms with Crippen LogP contribution in [0.5, 0.6) is 0 Å². The monoisotopic (exact) mass is 486 g/mol. The summed E-state index contributed by atoms with van der Waals surface area (Å²) < 4.78 is 0. The molecule has 1 fully saturated rings. The lowest BCUT2D eigenvalue weighted by molar-refractivity contribution is 0.238. The molecule has 2 heteroatoms. The molecule has 0 radical (unpaired) electrons. The molecule has 0 aromatic heterocycles. The molecule has 1 aliphatic heterocycles. The standard InChI is InChI=1S/C35H38N2/c1-26(2)35(25-36,31-13-8-10-27(3)24-31)20-9-21-37-22-18-30(19-23-37)34-32-14-6-4-11-28(32)16-17-29-12-5-7-15-33(29)34/h4-8,10-17,24,26H,9,18-23H2,1-3H3. The summed E-state index contributed by atoms with van der Waals surface area (Å²) in [6.07, 6.45) is 8.68. The van der Waals surface area contributed by atoms with Crippen LogP contribution in [-0.4, -0.2) is 24.5 Å². The van der Waals surface area contributed by atoms with Crippen LogP contribution in [0.25, 0.3) is 17.7 Å². The summed E-state index contributed by atoms with van der Waals surface area (Å²) in [5, 5.41) is 10.3. The molecule has 0 saturated carbocycles. The second-order valence-corrected chi connectivity index (χ2v) is 11.0. The topological polar surface area (TPSA) is 27.0 Å². The number of nitriles is 1. The molecular formula is C35H38N2. The van der Waals surface area contributed by atoms with Gasteiger partial charge in [0.2, 0.25) is 0 Å². The van der Waals surface area contributed by atoms with Gasteiger partial charge in [-0.15, -0.1) is 0 Å². The van der Waals surface area contributed by atoms with Crippen LogP contribution in [0.2, 0.25) is 0 Å². The minimum atomic E-state index is -0.421. The van der Waals surface area contributed by atoms with Gasteiger partial charge in [0, 0.05) is 13.1 Å². The maximum Gasteiger partial charge on any atom is 0.0845 e. The molecule has 0 N–H and O–H groups in total. The number of piperidine rings is 1. The van der Waals surface area contributed by atoms with Gasteiger partial charge in [-0.2, -0.15) is 5.26 Å². The Labute approximate surface area is 223 Å². The van der Waals surface area contributed by atoms with Crippen LogP contribution in [0, 0.1) is 24.2 Å². The van der Waals surface area contributed by atoms with Crippen LogP contribution in [0.1, 0.15) is 72.9 Å². The van der Waals surface area contributed by atoms with Crippen LogP contribution in [0.4, 0.5) is 0 Å².